The zero-order valence-electron chi connectivity index (χ0n) is 14.6. The number of morpholine rings is 1. The van der Waals surface area contributed by atoms with Crippen LogP contribution < -0.4 is 0 Å². The van der Waals surface area contributed by atoms with Crippen molar-refractivity contribution in [3.05, 3.63) is 41.2 Å². The van der Waals surface area contributed by atoms with Crippen molar-refractivity contribution < 1.29 is 18.7 Å². The number of fused-ring (bicyclic) bond motifs is 2. The number of halogens is 1. The minimum Gasteiger partial charge on any atom is -0.444 e. The van der Waals surface area contributed by atoms with Gasteiger partial charge < -0.3 is 9.47 Å². The first-order chi connectivity index (χ1) is 11.8. The fourth-order valence-electron chi connectivity index (χ4n) is 3.24. The first-order valence-corrected chi connectivity index (χ1v) is 8.28. The number of nitrogens with zero attached hydrogens (tertiary/aromatic N) is 2. The lowest BCUT2D eigenvalue weighted by molar-refractivity contribution is -0.0510. The van der Waals surface area contributed by atoms with Crippen LogP contribution in [0.15, 0.2) is 24.3 Å². The topological polar surface area (TPSA) is 62.6 Å². The molecule has 0 N–H and O–H groups in total. The third kappa shape index (κ3) is 3.67. The molecule has 6 heteroatoms. The van der Waals surface area contributed by atoms with E-state index in [-0.39, 0.29) is 24.0 Å². The Balaban J connectivity index is 1.92. The van der Waals surface area contributed by atoms with Crippen molar-refractivity contribution in [1.29, 1.82) is 5.26 Å². The lowest BCUT2D eigenvalue weighted by atomic mass is 9.89. The molecule has 1 saturated heterocycles. The summed E-state index contributed by atoms with van der Waals surface area (Å²) >= 11 is 0. The number of carbonyl (C=O) groups excluding carboxylic acids is 1. The molecule has 2 unspecified atom stereocenters. The summed E-state index contributed by atoms with van der Waals surface area (Å²) in [7, 11) is 0. The lowest BCUT2D eigenvalue weighted by Crippen LogP contribution is -2.57. The molecule has 1 aromatic rings. The summed E-state index contributed by atoms with van der Waals surface area (Å²) in [4.78, 5) is 14.2. The SMILES string of the molecule is CC(C)(C)OC(=O)N1C2C=C(c3cc(C#N)ccc3F)CC1COC2. The van der Waals surface area contributed by atoms with Gasteiger partial charge in [-0.3, -0.25) is 4.90 Å². The van der Waals surface area contributed by atoms with Gasteiger partial charge in [0.1, 0.15) is 11.4 Å². The van der Waals surface area contributed by atoms with E-state index in [2.05, 4.69) is 0 Å². The van der Waals surface area contributed by atoms with Gasteiger partial charge in [-0.25, -0.2) is 9.18 Å². The number of amides is 1. The van der Waals surface area contributed by atoms with E-state index in [9.17, 15) is 9.18 Å². The molecule has 2 bridgehead atoms. The van der Waals surface area contributed by atoms with E-state index in [1.165, 1.54) is 12.1 Å². The Hall–Kier alpha value is -2.39. The van der Waals surface area contributed by atoms with Crippen LogP contribution in [0.5, 0.6) is 0 Å². The van der Waals surface area contributed by atoms with Crippen molar-refractivity contribution in [2.24, 2.45) is 0 Å². The monoisotopic (exact) mass is 344 g/mol. The summed E-state index contributed by atoms with van der Waals surface area (Å²) in [6.07, 6.45) is 1.92. The second kappa shape index (κ2) is 6.49. The molecule has 3 rings (SSSR count). The molecule has 0 radical (unpaired) electrons. The van der Waals surface area contributed by atoms with Crippen LogP contribution in [0.4, 0.5) is 9.18 Å². The molecule has 1 fully saturated rings. The molecular weight excluding hydrogens is 323 g/mol. The maximum absolute atomic E-state index is 14.3. The smallest absolute Gasteiger partial charge is 0.411 e. The van der Waals surface area contributed by atoms with Crippen LogP contribution in [-0.2, 0) is 9.47 Å². The molecular formula is C19H21FN2O3. The van der Waals surface area contributed by atoms with Gasteiger partial charge in [0, 0.05) is 5.56 Å². The quantitative estimate of drug-likeness (QED) is 0.782. The number of rotatable bonds is 1. The van der Waals surface area contributed by atoms with Crippen molar-refractivity contribution in [3.63, 3.8) is 0 Å². The fraction of sp³-hybridized carbons (Fsp3) is 0.474. The lowest BCUT2D eigenvalue weighted by Gasteiger charge is -2.44. The number of ether oxygens (including phenoxy) is 2. The highest BCUT2D eigenvalue weighted by Crippen LogP contribution is 2.34. The zero-order chi connectivity index (χ0) is 18.2. The average Bonchev–Trinajstić information content (AvgIpc) is 2.52. The predicted octanol–water partition coefficient (Wildman–Crippen LogP) is 3.49. The molecule has 132 valence electrons. The normalized spacial score (nSPS) is 22.8. The van der Waals surface area contributed by atoms with Crippen molar-refractivity contribution in [2.45, 2.75) is 44.9 Å². The van der Waals surface area contributed by atoms with Gasteiger partial charge in [-0.2, -0.15) is 5.26 Å². The van der Waals surface area contributed by atoms with Gasteiger partial charge >= 0.3 is 6.09 Å². The predicted molar refractivity (Wildman–Crippen MR) is 90.2 cm³/mol. The van der Waals surface area contributed by atoms with Crippen LogP contribution in [0.25, 0.3) is 5.57 Å². The highest BCUT2D eigenvalue weighted by Gasteiger charge is 2.40. The first kappa shape index (κ1) is 17.4. The summed E-state index contributed by atoms with van der Waals surface area (Å²) in [5.74, 6) is -0.366. The van der Waals surface area contributed by atoms with E-state index in [1.807, 2.05) is 32.9 Å². The molecule has 25 heavy (non-hydrogen) atoms. The minimum absolute atomic E-state index is 0.209. The molecule has 1 aromatic carbocycles. The van der Waals surface area contributed by atoms with Crippen molar-refractivity contribution in [3.8, 4) is 6.07 Å². The van der Waals surface area contributed by atoms with Crippen LogP contribution >= 0.6 is 0 Å². The second-order valence-electron chi connectivity index (χ2n) is 7.35. The maximum Gasteiger partial charge on any atom is 0.411 e. The second-order valence-corrected chi connectivity index (χ2v) is 7.35. The largest absolute Gasteiger partial charge is 0.444 e. The molecule has 2 heterocycles. The van der Waals surface area contributed by atoms with E-state index < -0.39 is 5.60 Å². The molecule has 0 spiro atoms. The average molecular weight is 344 g/mol. The third-order valence-electron chi connectivity index (χ3n) is 4.24. The van der Waals surface area contributed by atoms with Crippen LogP contribution in [0.2, 0.25) is 0 Å². The van der Waals surface area contributed by atoms with Gasteiger partial charge in [0.2, 0.25) is 0 Å². The molecule has 0 aliphatic carbocycles. The Bertz CT molecular complexity index is 761. The molecule has 0 aromatic heterocycles. The number of nitriles is 1. The Morgan fingerprint density at radius 2 is 2.16 bits per heavy atom. The highest BCUT2D eigenvalue weighted by molar-refractivity contribution is 5.75. The van der Waals surface area contributed by atoms with Gasteiger partial charge in [-0.05, 0) is 51.0 Å². The van der Waals surface area contributed by atoms with Crippen LogP contribution in [0.1, 0.15) is 38.3 Å². The van der Waals surface area contributed by atoms with Gasteiger partial charge in [-0.15, -0.1) is 0 Å². The van der Waals surface area contributed by atoms with E-state index in [0.717, 1.165) is 5.57 Å². The Morgan fingerprint density at radius 3 is 2.80 bits per heavy atom. The summed E-state index contributed by atoms with van der Waals surface area (Å²) in [6.45, 7) is 6.20. The minimum atomic E-state index is -0.580. The third-order valence-corrected chi connectivity index (χ3v) is 4.24. The molecule has 1 amide bonds. The Morgan fingerprint density at radius 1 is 1.40 bits per heavy atom. The number of hydrogen-bond acceptors (Lipinski definition) is 4. The summed E-state index contributed by atoms with van der Waals surface area (Å²) < 4.78 is 25.3. The molecule has 2 aliphatic rings. The van der Waals surface area contributed by atoms with E-state index >= 15 is 0 Å². The van der Waals surface area contributed by atoms with E-state index in [0.29, 0.717) is 30.8 Å². The van der Waals surface area contributed by atoms with Crippen molar-refractivity contribution in [2.75, 3.05) is 13.2 Å². The molecule has 2 atom stereocenters. The molecule has 0 saturated carbocycles. The van der Waals surface area contributed by atoms with Gasteiger partial charge in [0.25, 0.3) is 0 Å². The standard InChI is InChI=1S/C19H21FN2O3/c1-19(2,3)25-18(23)22-14-7-13(8-15(22)11-24-10-14)16-6-12(9-21)4-5-17(16)20/h4-7,14-15H,8,10-11H2,1-3H3. The summed E-state index contributed by atoms with van der Waals surface area (Å²) in [5, 5.41) is 9.05. The van der Waals surface area contributed by atoms with E-state index in [4.69, 9.17) is 14.7 Å². The van der Waals surface area contributed by atoms with E-state index in [1.54, 1.807) is 11.0 Å². The Labute approximate surface area is 146 Å². The van der Waals surface area contributed by atoms with Gasteiger partial charge in [0.15, 0.2) is 0 Å². The van der Waals surface area contributed by atoms with Crippen LogP contribution in [0, 0.1) is 17.1 Å². The number of hydrogen-bond donors (Lipinski definition) is 0. The van der Waals surface area contributed by atoms with Gasteiger partial charge in [0.05, 0.1) is 36.9 Å². The molecule has 2 aliphatic heterocycles. The van der Waals surface area contributed by atoms with Crippen molar-refractivity contribution in [1.82, 2.24) is 4.90 Å². The highest BCUT2D eigenvalue weighted by atomic mass is 19.1. The van der Waals surface area contributed by atoms with Crippen LogP contribution in [0.3, 0.4) is 0 Å². The Kier molecular flexibility index (Phi) is 4.53. The summed E-state index contributed by atoms with van der Waals surface area (Å²) in [6, 6.07) is 5.84. The zero-order valence-corrected chi connectivity index (χ0v) is 14.6. The maximum atomic E-state index is 14.3. The van der Waals surface area contributed by atoms with Gasteiger partial charge in [-0.1, -0.05) is 6.08 Å². The fourth-order valence-corrected chi connectivity index (χ4v) is 3.24. The molecule has 5 nitrogen and oxygen atoms in total. The van der Waals surface area contributed by atoms with Crippen molar-refractivity contribution >= 4 is 11.7 Å². The summed E-state index contributed by atoms with van der Waals surface area (Å²) in [5.41, 5.74) is 1.05. The number of benzene rings is 1. The number of carbonyl (C=O) groups is 1. The first-order valence-electron chi connectivity index (χ1n) is 8.28. The van der Waals surface area contributed by atoms with Crippen LogP contribution in [-0.4, -0.2) is 41.9 Å².